The third-order valence-corrected chi connectivity index (χ3v) is 5.24. The third-order valence-electron chi connectivity index (χ3n) is 5.24. The van der Waals surface area contributed by atoms with Crippen LogP contribution in [0.25, 0.3) is 0 Å². The summed E-state index contributed by atoms with van der Waals surface area (Å²) in [5.74, 6) is 0.754. The molecular weight excluding hydrogens is 288 g/mol. The van der Waals surface area contributed by atoms with Crippen LogP contribution in [0.1, 0.15) is 58.3 Å². The largest absolute Gasteiger partial charge is 0.381 e. The van der Waals surface area contributed by atoms with Gasteiger partial charge in [-0.05, 0) is 50.5 Å². The molecule has 5 heteroatoms. The summed E-state index contributed by atoms with van der Waals surface area (Å²) in [5, 5.41) is 3.21. The van der Waals surface area contributed by atoms with E-state index < -0.39 is 0 Å². The summed E-state index contributed by atoms with van der Waals surface area (Å²) in [6.07, 6.45) is 8.69. The molecule has 4 nitrogen and oxygen atoms in total. The fourth-order valence-electron chi connectivity index (χ4n) is 3.73. The van der Waals surface area contributed by atoms with Crippen LogP contribution in [-0.2, 0) is 9.53 Å². The highest BCUT2D eigenvalue weighted by Crippen LogP contribution is 2.38. The van der Waals surface area contributed by atoms with Gasteiger partial charge in [0, 0.05) is 25.7 Å². The fourth-order valence-corrected chi connectivity index (χ4v) is 3.73. The van der Waals surface area contributed by atoms with Crippen molar-refractivity contribution in [1.82, 2.24) is 5.32 Å². The number of rotatable bonds is 5. The SMILES string of the molecule is CC(NC(=O)CC1(CN)CCCCC1)C1CCOCC1.Cl. The maximum absolute atomic E-state index is 12.3. The molecule has 21 heavy (non-hydrogen) atoms. The normalized spacial score (nSPS) is 23.9. The Morgan fingerprint density at radius 2 is 1.90 bits per heavy atom. The van der Waals surface area contributed by atoms with Gasteiger partial charge in [0.25, 0.3) is 0 Å². The lowest BCUT2D eigenvalue weighted by atomic mass is 9.71. The van der Waals surface area contributed by atoms with Crippen LogP contribution in [0.15, 0.2) is 0 Å². The zero-order valence-corrected chi connectivity index (χ0v) is 14.1. The lowest BCUT2D eigenvalue weighted by molar-refractivity contribution is -0.125. The summed E-state index contributed by atoms with van der Waals surface area (Å²) >= 11 is 0. The van der Waals surface area contributed by atoms with Crippen molar-refractivity contribution in [2.75, 3.05) is 19.8 Å². The third kappa shape index (κ3) is 5.42. The van der Waals surface area contributed by atoms with Crippen molar-refractivity contribution in [1.29, 1.82) is 0 Å². The van der Waals surface area contributed by atoms with Gasteiger partial charge in [-0.15, -0.1) is 12.4 Å². The average molecular weight is 319 g/mol. The maximum Gasteiger partial charge on any atom is 0.220 e. The number of carbonyl (C=O) groups excluding carboxylic acids is 1. The molecule has 0 spiro atoms. The van der Waals surface area contributed by atoms with E-state index in [4.69, 9.17) is 10.5 Å². The van der Waals surface area contributed by atoms with E-state index in [2.05, 4.69) is 12.2 Å². The first kappa shape index (κ1) is 18.7. The van der Waals surface area contributed by atoms with Crippen LogP contribution < -0.4 is 11.1 Å². The quantitative estimate of drug-likeness (QED) is 0.819. The molecule has 3 N–H and O–H groups in total. The van der Waals surface area contributed by atoms with Gasteiger partial charge in [0.15, 0.2) is 0 Å². The van der Waals surface area contributed by atoms with Crippen LogP contribution in [0.4, 0.5) is 0 Å². The van der Waals surface area contributed by atoms with E-state index in [1.807, 2.05) is 0 Å². The Labute approximate surface area is 135 Å². The molecular formula is C16H31ClN2O2. The zero-order chi connectivity index (χ0) is 14.4. The number of hydrogen-bond acceptors (Lipinski definition) is 3. The second kappa shape index (κ2) is 8.96. The summed E-state index contributed by atoms with van der Waals surface area (Å²) in [4.78, 5) is 12.3. The molecule has 0 radical (unpaired) electrons. The molecule has 2 aliphatic rings. The number of ether oxygens (including phenoxy) is 1. The minimum absolute atomic E-state index is 0. The van der Waals surface area contributed by atoms with E-state index in [1.54, 1.807) is 0 Å². The molecule has 1 amide bonds. The molecule has 0 aromatic carbocycles. The molecule has 124 valence electrons. The Morgan fingerprint density at radius 3 is 2.48 bits per heavy atom. The van der Waals surface area contributed by atoms with E-state index >= 15 is 0 Å². The van der Waals surface area contributed by atoms with E-state index in [-0.39, 0.29) is 29.8 Å². The number of halogens is 1. The van der Waals surface area contributed by atoms with Gasteiger partial charge in [0.1, 0.15) is 0 Å². The Kier molecular flexibility index (Phi) is 7.99. The van der Waals surface area contributed by atoms with Gasteiger partial charge in [-0.3, -0.25) is 4.79 Å². The van der Waals surface area contributed by atoms with Gasteiger partial charge >= 0.3 is 0 Å². The van der Waals surface area contributed by atoms with Crippen LogP contribution in [0.2, 0.25) is 0 Å². The van der Waals surface area contributed by atoms with Crippen LogP contribution in [0.5, 0.6) is 0 Å². The molecule has 0 aromatic heterocycles. The highest BCUT2D eigenvalue weighted by Gasteiger charge is 2.33. The van der Waals surface area contributed by atoms with Gasteiger partial charge in [0.05, 0.1) is 0 Å². The van der Waals surface area contributed by atoms with Gasteiger partial charge in [-0.1, -0.05) is 19.3 Å². The number of nitrogens with one attached hydrogen (secondary N) is 1. The van der Waals surface area contributed by atoms with Crippen molar-refractivity contribution in [3.05, 3.63) is 0 Å². The molecule has 1 atom stereocenters. The number of nitrogens with two attached hydrogens (primary N) is 1. The first-order valence-electron chi connectivity index (χ1n) is 8.22. The van der Waals surface area contributed by atoms with Crippen molar-refractivity contribution >= 4 is 18.3 Å². The molecule has 1 aliphatic heterocycles. The molecule has 1 saturated heterocycles. The van der Waals surface area contributed by atoms with E-state index in [0.717, 1.165) is 38.9 Å². The lowest BCUT2D eigenvalue weighted by Crippen LogP contribution is -2.44. The molecule has 0 bridgehead atoms. The van der Waals surface area contributed by atoms with Gasteiger partial charge in [0.2, 0.25) is 5.91 Å². The maximum atomic E-state index is 12.3. The summed E-state index contributed by atoms with van der Waals surface area (Å²) in [5.41, 5.74) is 6.03. The molecule has 1 aliphatic carbocycles. The molecule has 2 rings (SSSR count). The molecule has 2 fully saturated rings. The molecule has 1 saturated carbocycles. The van der Waals surface area contributed by atoms with Crippen molar-refractivity contribution in [2.24, 2.45) is 17.1 Å². The monoisotopic (exact) mass is 318 g/mol. The Morgan fingerprint density at radius 1 is 1.29 bits per heavy atom. The van der Waals surface area contributed by atoms with Crippen molar-refractivity contribution < 1.29 is 9.53 Å². The smallest absolute Gasteiger partial charge is 0.220 e. The van der Waals surface area contributed by atoms with Crippen molar-refractivity contribution in [3.8, 4) is 0 Å². The first-order valence-corrected chi connectivity index (χ1v) is 8.22. The minimum atomic E-state index is 0. The van der Waals surface area contributed by atoms with Crippen LogP contribution in [0.3, 0.4) is 0 Å². The fraction of sp³-hybridized carbons (Fsp3) is 0.938. The van der Waals surface area contributed by atoms with Gasteiger partial charge in [-0.25, -0.2) is 0 Å². The number of amides is 1. The summed E-state index contributed by atoms with van der Waals surface area (Å²) < 4.78 is 5.38. The first-order chi connectivity index (χ1) is 9.65. The average Bonchev–Trinajstić information content (AvgIpc) is 2.49. The van der Waals surface area contributed by atoms with Gasteiger partial charge < -0.3 is 15.8 Å². The molecule has 1 unspecified atom stereocenters. The summed E-state index contributed by atoms with van der Waals surface area (Å²) in [7, 11) is 0. The van der Waals surface area contributed by atoms with Gasteiger partial charge in [-0.2, -0.15) is 0 Å². The van der Waals surface area contributed by atoms with Crippen LogP contribution in [-0.4, -0.2) is 31.7 Å². The zero-order valence-electron chi connectivity index (χ0n) is 13.2. The van der Waals surface area contributed by atoms with E-state index in [1.165, 1.54) is 19.3 Å². The lowest BCUT2D eigenvalue weighted by Gasteiger charge is -2.36. The predicted octanol–water partition coefficient (Wildman–Crippen LogP) is 2.64. The van der Waals surface area contributed by atoms with Crippen LogP contribution in [0, 0.1) is 11.3 Å². The summed E-state index contributed by atoms with van der Waals surface area (Å²) in [6, 6.07) is 0.254. The highest BCUT2D eigenvalue weighted by molar-refractivity contribution is 5.85. The Hall–Kier alpha value is -0.320. The standard InChI is InChI=1S/C16H30N2O2.ClH/c1-13(14-5-9-20-10-6-14)18-15(19)11-16(12-17)7-3-2-4-8-16;/h13-14H,2-12,17H2,1H3,(H,18,19);1H. The highest BCUT2D eigenvalue weighted by atomic mass is 35.5. The second-order valence-electron chi connectivity index (χ2n) is 6.75. The Bertz CT molecular complexity index is 313. The molecule has 1 heterocycles. The molecule has 0 aromatic rings. The predicted molar refractivity (Wildman–Crippen MR) is 87.6 cm³/mol. The minimum Gasteiger partial charge on any atom is -0.381 e. The van der Waals surface area contributed by atoms with E-state index in [9.17, 15) is 4.79 Å². The Balaban J connectivity index is 0.00000220. The van der Waals surface area contributed by atoms with E-state index in [0.29, 0.717) is 18.9 Å². The topological polar surface area (TPSA) is 64.4 Å². The van der Waals surface area contributed by atoms with Crippen molar-refractivity contribution in [3.63, 3.8) is 0 Å². The van der Waals surface area contributed by atoms with Crippen LogP contribution >= 0.6 is 12.4 Å². The number of carbonyl (C=O) groups is 1. The van der Waals surface area contributed by atoms with Crippen molar-refractivity contribution in [2.45, 2.75) is 64.3 Å². The summed E-state index contributed by atoms with van der Waals surface area (Å²) in [6.45, 7) is 4.44. The number of hydrogen-bond donors (Lipinski definition) is 2. The second-order valence-corrected chi connectivity index (χ2v) is 6.75.